The van der Waals surface area contributed by atoms with E-state index in [2.05, 4.69) is 5.10 Å². The topological polar surface area (TPSA) is 99.6 Å². The van der Waals surface area contributed by atoms with Gasteiger partial charge in [0.15, 0.2) is 0 Å². The fraction of sp³-hybridized carbons (Fsp3) is 0.467. The third kappa shape index (κ3) is 2.90. The molecule has 2 aromatic rings. The average Bonchev–Trinajstić information content (AvgIpc) is 2.87. The van der Waals surface area contributed by atoms with E-state index in [1.54, 1.807) is 6.20 Å². The van der Waals surface area contributed by atoms with Crippen LogP contribution in [0.4, 0.5) is 0 Å². The number of hydrogen-bond acceptors (Lipinski definition) is 5. The molecule has 0 bridgehead atoms. The number of fused-ring (bicyclic) bond motifs is 3. The van der Waals surface area contributed by atoms with Crippen molar-refractivity contribution in [1.29, 1.82) is 0 Å². The molecule has 0 saturated heterocycles. The van der Waals surface area contributed by atoms with Crippen LogP contribution in [-0.4, -0.2) is 46.2 Å². The number of rotatable bonds is 5. The van der Waals surface area contributed by atoms with Gasteiger partial charge in [0, 0.05) is 23.4 Å². The van der Waals surface area contributed by atoms with Gasteiger partial charge in [-0.15, -0.1) is 0 Å². The Morgan fingerprint density at radius 2 is 2.45 bits per heavy atom. The van der Waals surface area contributed by atoms with Gasteiger partial charge in [0.1, 0.15) is 19.0 Å². The molecule has 2 atom stereocenters. The molecule has 0 radical (unpaired) electrons. The van der Waals surface area contributed by atoms with Crippen molar-refractivity contribution < 1.29 is 19.4 Å². The molecular weight excluding hydrogens is 286 g/mol. The Kier molecular flexibility index (Phi) is 4.00. The van der Waals surface area contributed by atoms with Gasteiger partial charge in [0.25, 0.3) is 0 Å². The molecule has 1 aromatic carbocycles. The van der Waals surface area contributed by atoms with E-state index in [0.29, 0.717) is 19.6 Å². The van der Waals surface area contributed by atoms with Gasteiger partial charge in [-0.25, -0.2) is 4.79 Å². The molecule has 3 rings (SSSR count). The lowest BCUT2D eigenvalue weighted by Crippen LogP contribution is -2.31. The lowest BCUT2D eigenvalue weighted by molar-refractivity contribution is -0.145. The van der Waals surface area contributed by atoms with Crippen LogP contribution in [0.3, 0.4) is 0 Å². The molecule has 1 aliphatic rings. The van der Waals surface area contributed by atoms with E-state index in [1.165, 1.54) is 0 Å². The standard InChI is InChI=1S/C15H19N3O4/c1-9(16)6-18-15-10(5-17-18)2-3-13-12(15)4-11(7-22-13)21-8-14(19)20/h2-3,5,9,11H,4,6-8,16H2,1H3,(H,19,20)/t9-,11+/m0/s1. The summed E-state index contributed by atoms with van der Waals surface area (Å²) in [6, 6.07) is 3.88. The number of hydrogen-bond donors (Lipinski definition) is 2. The SMILES string of the molecule is C[C@H](N)Cn1ncc2ccc3c(c21)C[C@@H](OCC(=O)O)CO3. The molecule has 0 fully saturated rings. The Bertz CT molecular complexity index is 695. The van der Waals surface area contributed by atoms with Crippen molar-refractivity contribution in [3.05, 3.63) is 23.9 Å². The zero-order valence-electron chi connectivity index (χ0n) is 12.4. The number of nitrogens with zero attached hydrogens (tertiary/aromatic N) is 2. The van der Waals surface area contributed by atoms with Gasteiger partial charge >= 0.3 is 5.97 Å². The minimum Gasteiger partial charge on any atom is -0.491 e. The average molecular weight is 305 g/mol. The molecule has 0 spiro atoms. The molecule has 0 aliphatic carbocycles. The number of carbonyl (C=O) groups is 1. The lowest BCUT2D eigenvalue weighted by atomic mass is 10.0. The molecule has 22 heavy (non-hydrogen) atoms. The van der Waals surface area contributed by atoms with Crippen LogP contribution in [0.25, 0.3) is 10.9 Å². The Morgan fingerprint density at radius 3 is 3.18 bits per heavy atom. The fourth-order valence-electron chi connectivity index (χ4n) is 2.74. The number of carboxylic acid groups (broad SMARTS) is 1. The van der Waals surface area contributed by atoms with E-state index >= 15 is 0 Å². The molecule has 1 aromatic heterocycles. The first kappa shape index (κ1) is 14.8. The summed E-state index contributed by atoms with van der Waals surface area (Å²) < 4.78 is 13.0. The highest BCUT2D eigenvalue weighted by molar-refractivity contribution is 5.84. The van der Waals surface area contributed by atoms with Crippen molar-refractivity contribution in [3.63, 3.8) is 0 Å². The van der Waals surface area contributed by atoms with Gasteiger partial charge in [-0.2, -0.15) is 5.10 Å². The van der Waals surface area contributed by atoms with E-state index in [0.717, 1.165) is 22.2 Å². The zero-order valence-corrected chi connectivity index (χ0v) is 12.4. The highest BCUT2D eigenvalue weighted by Gasteiger charge is 2.25. The zero-order chi connectivity index (χ0) is 15.7. The van der Waals surface area contributed by atoms with Crippen molar-refractivity contribution in [3.8, 4) is 5.75 Å². The smallest absolute Gasteiger partial charge is 0.329 e. The van der Waals surface area contributed by atoms with Crippen molar-refractivity contribution in [2.24, 2.45) is 5.73 Å². The summed E-state index contributed by atoms with van der Waals surface area (Å²) in [5.41, 5.74) is 7.86. The molecule has 1 aliphatic heterocycles. The van der Waals surface area contributed by atoms with Crippen LogP contribution < -0.4 is 10.5 Å². The number of nitrogens with two attached hydrogens (primary N) is 1. The van der Waals surface area contributed by atoms with Crippen molar-refractivity contribution in [2.45, 2.75) is 32.0 Å². The molecule has 3 N–H and O–H groups in total. The van der Waals surface area contributed by atoms with E-state index in [9.17, 15) is 4.79 Å². The molecule has 118 valence electrons. The predicted octanol–water partition coefficient (Wildman–Crippen LogP) is 0.788. The molecule has 2 heterocycles. The molecular formula is C15H19N3O4. The highest BCUT2D eigenvalue weighted by atomic mass is 16.5. The number of benzene rings is 1. The molecule has 7 heteroatoms. The van der Waals surface area contributed by atoms with E-state index < -0.39 is 5.97 Å². The molecule has 0 saturated carbocycles. The third-order valence-electron chi connectivity index (χ3n) is 3.63. The van der Waals surface area contributed by atoms with Gasteiger partial charge in [-0.05, 0) is 19.1 Å². The minimum absolute atomic E-state index is 0.0116. The maximum Gasteiger partial charge on any atom is 0.329 e. The second-order valence-corrected chi connectivity index (χ2v) is 5.63. The summed E-state index contributed by atoms with van der Waals surface area (Å²) in [5, 5.41) is 14.1. The largest absolute Gasteiger partial charge is 0.491 e. The van der Waals surface area contributed by atoms with Crippen LogP contribution in [-0.2, 0) is 22.5 Å². The minimum atomic E-state index is -0.981. The monoisotopic (exact) mass is 305 g/mol. The van der Waals surface area contributed by atoms with Crippen molar-refractivity contribution >= 4 is 16.9 Å². The van der Waals surface area contributed by atoms with E-state index in [-0.39, 0.29) is 18.8 Å². The number of ether oxygens (including phenoxy) is 2. The van der Waals surface area contributed by atoms with E-state index in [4.69, 9.17) is 20.3 Å². The normalized spacial score (nSPS) is 18.7. The molecule has 0 amide bonds. The summed E-state index contributed by atoms with van der Waals surface area (Å²) in [6.45, 7) is 2.57. The number of aromatic nitrogens is 2. The second kappa shape index (κ2) is 5.94. The highest BCUT2D eigenvalue weighted by Crippen LogP contribution is 2.32. The third-order valence-corrected chi connectivity index (χ3v) is 3.63. The fourth-order valence-corrected chi connectivity index (χ4v) is 2.74. The maximum atomic E-state index is 10.6. The predicted molar refractivity (Wildman–Crippen MR) is 80.0 cm³/mol. The first-order valence-electron chi connectivity index (χ1n) is 7.23. The maximum absolute atomic E-state index is 10.6. The second-order valence-electron chi connectivity index (χ2n) is 5.63. The lowest BCUT2D eigenvalue weighted by Gasteiger charge is -2.26. The van der Waals surface area contributed by atoms with E-state index in [1.807, 2.05) is 23.7 Å². The molecule has 7 nitrogen and oxygen atoms in total. The van der Waals surface area contributed by atoms with Crippen LogP contribution in [0.1, 0.15) is 12.5 Å². The number of carboxylic acids is 1. The van der Waals surface area contributed by atoms with Crippen molar-refractivity contribution in [2.75, 3.05) is 13.2 Å². The summed E-state index contributed by atoms with van der Waals surface area (Å²) in [6.07, 6.45) is 2.14. The number of aliphatic carboxylic acids is 1. The Morgan fingerprint density at radius 1 is 1.64 bits per heavy atom. The molecule has 0 unspecified atom stereocenters. The van der Waals surface area contributed by atoms with Gasteiger partial charge in [-0.3, -0.25) is 4.68 Å². The van der Waals surface area contributed by atoms with Crippen LogP contribution in [0.2, 0.25) is 0 Å². The Balaban J connectivity index is 1.93. The summed E-state index contributed by atoms with van der Waals surface area (Å²) in [4.78, 5) is 10.6. The Labute approximate surface area is 127 Å². The summed E-state index contributed by atoms with van der Waals surface area (Å²) >= 11 is 0. The van der Waals surface area contributed by atoms with Gasteiger partial charge in [-0.1, -0.05) is 0 Å². The van der Waals surface area contributed by atoms with Gasteiger partial charge in [0.05, 0.1) is 24.4 Å². The summed E-state index contributed by atoms with van der Waals surface area (Å²) in [5.74, 6) is -0.180. The first-order chi connectivity index (χ1) is 10.5. The van der Waals surface area contributed by atoms with Gasteiger partial charge < -0.3 is 20.3 Å². The van der Waals surface area contributed by atoms with Crippen LogP contribution >= 0.6 is 0 Å². The summed E-state index contributed by atoms with van der Waals surface area (Å²) in [7, 11) is 0. The quantitative estimate of drug-likeness (QED) is 0.847. The van der Waals surface area contributed by atoms with Gasteiger partial charge in [0.2, 0.25) is 0 Å². The Hall–Kier alpha value is -2.12. The van der Waals surface area contributed by atoms with Crippen LogP contribution in [0.15, 0.2) is 18.3 Å². The van der Waals surface area contributed by atoms with Crippen LogP contribution in [0, 0.1) is 0 Å². The van der Waals surface area contributed by atoms with Crippen LogP contribution in [0.5, 0.6) is 5.75 Å². The van der Waals surface area contributed by atoms with Crippen molar-refractivity contribution in [1.82, 2.24) is 9.78 Å². The first-order valence-corrected chi connectivity index (χ1v) is 7.23.